The monoisotopic (exact) mass is 537 g/mol. The van der Waals surface area contributed by atoms with Crippen LogP contribution in [0, 0.1) is 12.8 Å². The molecule has 0 radical (unpaired) electrons. The second-order valence-electron chi connectivity index (χ2n) is 12.1. The molecule has 1 aliphatic heterocycles. The summed E-state index contributed by atoms with van der Waals surface area (Å²) in [7, 11) is 1.91. The van der Waals surface area contributed by atoms with E-state index in [1.807, 2.05) is 36.2 Å². The van der Waals surface area contributed by atoms with Crippen LogP contribution >= 0.6 is 0 Å². The van der Waals surface area contributed by atoms with Crippen LogP contribution in [0.2, 0.25) is 0 Å². The van der Waals surface area contributed by atoms with Gasteiger partial charge >= 0.3 is 0 Å². The van der Waals surface area contributed by atoms with Crippen molar-refractivity contribution >= 4 is 11.6 Å². The molecule has 7 heteroatoms. The lowest BCUT2D eigenvalue weighted by molar-refractivity contribution is -0.123. The number of nitrogens with zero attached hydrogens (tertiary/aromatic N) is 2. The highest BCUT2D eigenvalue weighted by molar-refractivity contribution is 5.94. The van der Waals surface area contributed by atoms with Crippen LogP contribution in [0.1, 0.15) is 63.1 Å². The normalized spacial score (nSPS) is 22.5. The molecule has 1 aliphatic carbocycles. The van der Waals surface area contributed by atoms with Crippen LogP contribution in [0.3, 0.4) is 0 Å². The van der Waals surface area contributed by atoms with E-state index in [0.717, 1.165) is 68.9 Å². The fraction of sp³-hybridized carbons (Fsp3) is 0.594. The summed E-state index contributed by atoms with van der Waals surface area (Å²) in [5.41, 5.74) is 3.72. The summed E-state index contributed by atoms with van der Waals surface area (Å²) >= 11 is 0. The van der Waals surface area contributed by atoms with Crippen molar-refractivity contribution in [2.75, 3.05) is 38.2 Å². The van der Waals surface area contributed by atoms with E-state index in [9.17, 15) is 9.90 Å². The number of anilines is 1. The lowest BCUT2D eigenvalue weighted by atomic mass is 9.86. The molecule has 1 saturated heterocycles. The number of benzene rings is 2. The standard InChI is InChI=1S/C32H47N3O4/c1-23-17-28(12-9-27(23)20-35-16-15-33-24(2)19-35)34(5)31(36)26-10-13-29(14-11-26)39-30-8-6-7-25(18-30)21-38-22-32(3,4)37/h6-9,12,17-18,24,26,29,33,37H,10-11,13-16,19-22H2,1-5H3/t24-,26-,29-/m0/s1. The average molecular weight is 538 g/mol. The fourth-order valence-electron chi connectivity index (χ4n) is 5.61. The van der Waals surface area contributed by atoms with E-state index < -0.39 is 5.60 Å². The first-order valence-corrected chi connectivity index (χ1v) is 14.5. The molecular weight excluding hydrogens is 490 g/mol. The summed E-state index contributed by atoms with van der Waals surface area (Å²) in [6, 6.07) is 14.9. The van der Waals surface area contributed by atoms with Crippen molar-refractivity contribution in [1.29, 1.82) is 0 Å². The van der Waals surface area contributed by atoms with Gasteiger partial charge in [0.2, 0.25) is 5.91 Å². The zero-order chi connectivity index (χ0) is 28.0. The Balaban J connectivity index is 1.25. The predicted octanol–water partition coefficient (Wildman–Crippen LogP) is 4.68. The van der Waals surface area contributed by atoms with Crippen LogP contribution in [0.5, 0.6) is 5.75 Å². The maximum atomic E-state index is 13.4. The Labute approximate surface area is 234 Å². The fourth-order valence-corrected chi connectivity index (χ4v) is 5.61. The molecule has 2 aromatic carbocycles. The van der Waals surface area contributed by atoms with Crippen molar-refractivity contribution in [2.24, 2.45) is 5.92 Å². The van der Waals surface area contributed by atoms with Gasteiger partial charge in [-0.2, -0.15) is 0 Å². The molecule has 0 bridgehead atoms. The lowest BCUT2D eigenvalue weighted by Gasteiger charge is -2.32. The van der Waals surface area contributed by atoms with Crippen molar-refractivity contribution in [3.05, 3.63) is 59.2 Å². The zero-order valence-electron chi connectivity index (χ0n) is 24.4. The Bertz CT molecular complexity index is 1090. The Morgan fingerprint density at radius 3 is 2.62 bits per heavy atom. The molecule has 1 amide bonds. The van der Waals surface area contributed by atoms with Crippen LogP contribution in [-0.2, 0) is 22.7 Å². The maximum absolute atomic E-state index is 13.4. The Morgan fingerprint density at radius 2 is 1.92 bits per heavy atom. The number of nitrogens with one attached hydrogen (secondary N) is 1. The minimum absolute atomic E-state index is 0.0266. The molecule has 4 rings (SSSR count). The number of carbonyl (C=O) groups excluding carboxylic acids is 1. The third kappa shape index (κ3) is 8.77. The number of hydrogen-bond donors (Lipinski definition) is 2. The molecule has 1 atom stereocenters. The molecule has 2 fully saturated rings. The van der Waals surface area contributed by atoms with Crippen molar-refractivity contribution in [1.82, 2.24) is 10.2 Å². The van der Waals surface area contributed by atoms with E-state index in [4.69, 9.17) is 9.47 Å². The molecule has 7 nitrogen and oxygen atoms in total. The molecule has 2 aliphatic rings. The topological polar surface area (TPSA) is 74.3 Å². The largest absolute Gasteiger partial charge is 0.490 e. The average Bonchev–Trinajstić information content (AvgIpc) is 2.89. The van der Waals surface area contributed by atoms with Gasteiger partial charge in [-0.1, -0.05) is 18.2 Å². The summed E-state index contributed by atoms with van der Waals surface area (Å²) in [5, 5.41) is 13.3. The molecule has 39 heavy (non-hydrogen) atoms. The molecule has 1 heterocycles. The number of carbonyl (C=O) groups is 1. The van der Waals surface area contributed by atoms with Gasteiger partial charge in [0.05, 0.1) is 24.9 Å². The highest BCUT2D eigenvalue weighted by Crippen LogP contribution is 2.31. The van der Waals surface area contributed by atoms with Crippen molar-refractivity contribution in [3.63, 3.8) is 0 Å². The van der Waals surface area contributed by atoms with Crippen LogP contribution in [0.25, 0.3) is 0 Å². The summed E-state index contributed by atoms with van der Waals surface area (Å²) in [6.07, 6.45) is 3.51. The Kier molecular flexibility index (Phi) is 10.0. The van der Waals surface area contributed by atoms with E-state index in [-0.39, 0.29) is 24.5 Å². The van der Waals surface area contributed by atoms with E-state index in [2.05, 4.69) is 42.3 Å². The summed E-state index contributed by atoms with van der Waals surface area (Å²) in [4.78, 5) is 17.7. The highest BCUT2D eigenvalue weighted by Gasteiger charge is 2.30. The summed E-state index contributed by atoms with van der Waals surface area (Å²) in [5.74, 6) is 1.05. The minimum atomic E-state index is -0.843. The Morgan fingerprint density at radius 1 is 1.15 bits per heavy atom. The zero-order valence-corrected chi connectivity index (χ0v) is 24.4. The van der Waals surface area contributed by atoms with Crippen molar-refractivity contribution < 1.29 is 19.4 Å². The van der Waals surface area contributed by atoms with Gasteiger partial charge in [-0.05, 0) is 94.3 Å². The number of aryl methyl sites for hydroxylation is 1. The van der Waals surface area contributed by atoms with Gasteiger partial charge in [0.15, 0.2) is 0 Å². The molecule has 1 saturated carbocycles. The van der Waals surface area contributed by atoms with Gasteiger partial charge in [0.1, 0.15) is 5.75 Å². The first-order chi connectivity index (χ1) is 18.6. The van der Waals surface area contributed by atoms with E-state index in [1.165, 1.54) is 11.1 Å². The predicted molar refractivity (Wildman–Crippen MR) is 156 cm³/mol. The molecule has 0 spiro atoms. The van der Waals surface area contributed by atoms with Gasteiger partial charge in [-0.15, -0.1) is 0 Å². The maximum Gasteiger partial charge on any atom is 0.229 e. The van der Waals surface area contributed by atoms with Gasteiger partial charge < -0.3 is 24.8 Å². The molecule has 214 valence electrons. The number of piperazine rings is 1. The lowest BCUT2D eigenvalue weighted by Crippen LogP contribution is -2.48. The molecule has 0 aromatic heterocycles. The molecule has 0 unspecified atom stereocenters. The van der Waals surface area contributed by atoms with Crippen LogP contribution in [0.15, 0.2) is 42.5 Å². The van der Waals surface area contributed by atoms with Crippen molar-refractivity contribution in [3.8, 4) is 5.75 Å². The number of ether oxygens (including phenoxy) is 2. The highest BCUT2D eigenvalue weighted by atomic mass is 16.5. The van der Waals surface area contributed by atoms with Crippen LogP contribution in [0.4, 0.5) is 5.69 Å². The number of hydrogen-bond acceptors (Lipinski definition) is 6. The van der Waals surface area contributed by atoms with Gasteiger partial charge in [-0.25, -0.2) is 0 Å². The smallest absolute Gasteiger partial charge is 0.229 e. The third-order valence-corrected chi connectivity index (χ3v) is 7.84. The van der Waals surface area contributed by atoms with Crippen LogP contribution < -0.4 is 15.0 Å². The second-order valence-corrected chi connectivity index (χ2v) is 12.1. The minimum Gasteiger partial charge on any atom is -0.490 e. The van der Waals surface area contributed by atoms with E-state index in [1.54, 1.807) is 13.8 Å². The Hall–Kier alpha value is -2.45. The third-order valence-electron chi connectivity index (χ3n) is 7.84. The first kappa shape index (κ1) is 29.5. The summed E-state index contributed by atoms with van der Waals surface area (Å²) in [6.45, 7) is 12.7. The quantitative estimate of drug-likeness (QED) is 0.459. The molecule has 2 aromatic rings. The van der Waals surface area contributed by atoms with E-state index in [0.29, 0.717) is 12.6 Å². The first-order valence-electron chi connectivity index (χ1n) is 14.5. The van der Waals surface area contributed by atoms with Gasteiger partial charge in [-0.3, -0.25) is 9.69 Å². The van der Waals surface area contributed by atoms with Gasteiger partial charge in [0, 0.05) is 50.9 Å². The van der Waals surface area contributed by atoms with Gasteiger partial charge in [0.25, 0.3) is 0 Å². The molecule has 2 N–H and O–H groups in total. The SMILES string of the molecule is Cc1cc(N(C)C(=O)[C@H]2CC[C@H](Oc3cccc(COCC(C)(C)O)c3)CC2)ccc1CN1CCN[C@@H](C)C1. The van der Waals surface area contributed by atoms with Crippen LogP contribution in [-0.4, -0.2) is 66.9 Å². The molecular formula is C32H47N3O4. The second kappa shape index (κ2) is 13.3. The summed E-state index contributed by atoms with van der Waals surface area (Å²) < 4.78 is 11.9. The number of rotatable bonds is 10. The number of aliphatic hydroxyl groups is 1. The van der Waals surface area contributed by atoms with Crippen molar-refractivity contribution in [2.45, 2.75) is 84.3 Å². The number of amides is 1. The van der Waals surface area contributed by atoms with E-state index >= 15 is 0 Å².